The summed E-state index contributed by atoms with van der Waals surface area (Å²) in [7, 11) is -3.57. The molecule has 0 saturated heterocycles. The van der Waals surface area contributed by atoms with Crippen LogP contribution in [0, 0.1) is 0 Å². The van der Waals surface area contributed by atoms with Crippen molar-refractivity contribution >= 4 is 39.3 Å². The molecule has 3 rings (SSSR count). The van der Waals surface area contributed by atoms with E-state index in [0.29, 0.717) is 11.4 Å². The van der Waals surface area contributed by atoms with E-state index in [2.05, 4.69) is 15.4 Å². The van der Waals surface area contributed by atoms with Gasteiger partial charge in [-0.15, -0.1) is 0 Å². The van der Waals surface area contributed by atoms with Gasteiger partial charge >= 0.3 is 0 Å². The first-order valence-corrected chi connectivity index (χ1v) is 10.3. The Morgan fingerprint density at radius 3 is 2.36 bits per heavy atom. The third-order valence-electron chi connectivity index (χ3n) is 3.97. The molecule has 8 heteroatoms. The summed E-state index contributed by atoms with van der Waals surface area (Å²) < 4.78 is 27.1. The van der Waals surface area contributed by atoms with Gasteiger partial charge in [0.1, 0.15) is 0 Å². The Morgan fingerprint density at radius 1 is 1.00 bits per heavy atom. The fraction of sp³-hybridized carbons (Fsp3) is 0.200. The molecule has 0 bridgehead atoms. The highest BCUT2D eigenvalue weighted by atomic mass is 32.2. The summed E-state index contributed by atoms with van der Waals surface area (Å²) in [4.78, 5) is 23.3. The van der Waals surface area contributed by atoms with Gasteiger partial charge in [-0.3, -0.25) is 9.59 Å². The highest BCUT2D eigenvalue weighted by Crippen LogP contribution is 2.23. The van der Waals surface area contributed by atoms with Gasteiger partial charge in [0, 0.05) is 30.4 Å². The van der Waals surface area contributed by atoms with Crippen LogP contribution in [0.25, 0.3) is 6.08 Å². The summed E-state index contributed by atoms with van der Waals surface area (Å²) in [6.45, 7) is 1.43. The third kappa shape index (κ3) is 5.77. The molecule has 0 heterocycles. The lowest BCUT2D eigenvalue weighted by Gasteiger charge is -2.08. The van der Waals surface area contributed by atoms with Gasteiger partial charge in [-0.05, 0) is 54.8 Å². The minimum atomic E-state index is -3.57. The zero-order chi connectivity index (χ0) is 20.1. The Kier molecular flexibility index (Phi) is 5.91. The lowest BCUT2D eigenvalue weighted by atomic mass is 10.2. The largest absolute Gasteiger partial charge is 0.326 e. The molecule has 0 unspecified atom stereocenters. The molecule has 2 amide bonds. The van der Waals surface area contributed by atoms with Crippen molar-refractivity contribution in [2.45, 2.75) is 30.7 Å². The van der Waals surface area contributed by atoms with Gasteiger partial charge in [0.05, 0.1) is 4.90 Å². The molecular weight excluding hydrogens is 378 g/mol. The molecule has 1 saturated carbocycles. The van der Waals surface area contributed by atoms with Crippen LogP contribution < -0.4 is 15.4 Å². The molecule has 0 aliphatic heterocycles. The maximum atomic E-state index is 12.3. The van der Waals surface area contributed by atoms with E-state index in [0.717, 1.165) is 18.4 Å². The highest BCUT2D eigenvalue weighted by molar-refractivity contribution is 7.89. The van der Waals surface area contributed by atoms with E-state index in [9.17, 15) is 18.0 Å². The molecule has 3 N–H and O–H groups in total. The van der Waals surface area contributed by atoms with Crippen LogP contribution in [0.1, 0.15) is 25.3 Å². The van der Waals surface area contributed by atoms with Crippen LogP contribution in [0.5, 0.6) is 0 Å². The molecule has 146 valence electrons. The summed E-state index contributed by atoms with van der Waals surface area (Å²) in [6, 6.07) is 13.2. The van der Waals surface area contributed by atoms with Crippen molar-refractivity contribution in [1.29, 1.82) is 0 Å². The number of benzene rings is 2. The number of rotatable bonds is 7. The Labute approximate surface area is 163 Å². The molecule has 1 aliphatic rings. The summed E-state index contributed by atoms with van der Waals surface area (Å²) in [5, 5.41) is 5.32. The lowest BCUT2D eigenvalue weighted by Crippen LogP contribution is -2.25. The second-order valence-corrected chi connectivity index (χ2v) is 8.26. The van der Waals surface area contributed by atoms with Gasteiger partial charge < -0.3 is 10.6 Å². The maximum Gasteiger partial charge on any atom is 0.248 e. The van der Waals surface area contributed by atoms with Crippen LogP contribution in [0.4, 0.5) is 11.4 Å². The van der Waals surface area contributed by atoms with E-state index in [1.54, 1.807) is 42.5 Å². The zero-order valence-corrected chi connectivity index (χ0v) is 16.1. The van der Waals surface area contributed by atoms with Crippen molar-refractivity contribution in [3.05, 3.63) is 60.2 Å². The van der Waals surface area contributed by atoms with E-state index in [1.165, 1.54) is 25.1 Å². The Balaban J connectivity index is 1.62. The van der Waals surface area contributed by atoms with Crippen molar-refractivity contribution in [3.63, 3.8) is 0 Å². The SMILES string of the molecule is CC(=O)Nc1ccc(C=CC(=O)Nc2cccc(S(=O)(=O)NC3CC3)c2)cc1. The zero-order valence-electron chi connectivity index (χ0n) is 15.3. The smallest absolute Gasteiger partial charge is 0.248 e. The molecule has 7 nitrogen and oxygen atoms in total. The van der Waals surface area contributed by atoms with Crippen molar-refractivity contribution in [3.8, 4) is 0 Å². The second kappa shape index (κ2) is 8.37. The Hall–Kier alpha value is -2.97. The van der Waals surface area contributed by atoms with Crippen LogP contribution >= 0.6 is 0 Å². The summed E-state index contributed by atoms with van der Waals surface area (Å²) >= 11 is 0. The van der Waals surface area contributed by atoms with Crippen LogP contribution in [0.3, 0.4) is 0 Å². The molecule has 1 aliphatic carbocycles. The average molecular weight is 399 g/mol. The number of anilines is 2. The Bertz CT molecular complexity index is 1010. The van der Waals surface area contributed by atoms with Crippen molar-refractivity contribution in [1.82, 2.24) is 4.72 Å². The molecule has 1 fully saturated rings. The molecule has 0 atom stereocenters. The van der Waals surface area contributed by atoms with E-state index >= 15 is 0 Å². The molecular formula is C20H21N3O4S. The predicted molar refractivity (Wildman–Crippen MR) is 108 cm³/mol. The lowest BCUT2D eigenvalue weighted by molar-refractivity contribution is -0.114. The van der Waals surface area contributed by atoms with Crippen molar-refractivity contribution in [2.24, 2.45) is 0 Å². The van der Waals surface area contributed by atoms with Gasteiger partial charge in [-0.2, -0.15) is 0 Å². The minimum absolute atomic E-state index is 0.0169. The first kappa shape index (κ1) is 19.8. The van der Waals surface area contributed by atoms with Crippen molar-refractivity contribution in [2.75, 3.05) is 10.6 Å². The van der Waals surface area contributed by atoms with Crippen LogP contribution in [-0.4, -0.2) is 26.3 Å². The summed E-state index contributed by atoms with van der Waals surface area (Å²) in [5.41, 5.74) is 1.86. The second-order valence-electron chi connectivity index (χ2n) is 6.55. The number of amides is 2. The van der Waals surface area contributed by atoms with Gasteiger partial charge in [0.15, 0.2) is 0 Å². The molecule has 28 heavy (non-hydrogen) atoms. The standard InChI is InChI=1S/C20H21N3O4S/c1-14(24)21-16-8-5-15(6-9-16)7-12-20(25)22-18-3-2-4-19(13-18)28(26,27)23-17-10-11-17/h2-9,12-13,17,23H,10-11H2,1H3,(H,21,24)(H,22,25). The molecule has 0 spiro atoms. The monoisotopic (exact) mass is 399 g/mol. The van der Waals surface area contributed by atoms with Crippen LogP contribution in [0.2, 0.25) is 0 Å². The summed E-state index contributed by atoms with van der Waals surface area (Å²) in [6.07, 6.45) is 4.69. The minimum Gasteiger partial charge on any atom is -0.326 e. The van der Waals surface area contributed by atoms with Crippen LogP contribution in [-0.2, 0) is 19.6 Å². The average Bonchev–Trinajstić information content (AvgIpc) is 3.44. The number of hydrogen-bond acceptors (Lipinski definition) is 4. The van der Waals surface area contributed by atoms with Gasteiger partial charge in [0.25, 0.3) is 0 Å². The quantitative estimate of drug-likeness (QED) is 0.623. The highest BCUT2D eigenvalue weighted by Gasteiger charge is 2.28. The Morgan fingerprint density at radius 2 is 1.71 bits per heavy atom. The van der Waals surface area contributed by atoms with Crippen LogP contribution in [0.15, 0.2) is 59.5 Å². The van der Waals surface area contributed by atoms with Gasteiger partial charge in [0.2, 0.25) is 21.8 Å². The van der Waals surface area contributed by atoms with E-state index in [-0.39, 0.29) is 22.8 Å². The summed E-state index contributed by atoms with van der Waals surface area (Å²) in [5.74, 6) is -0.533. The van der Waals surface area contributed by atoms with E-state index in [1.807, 2.05) is 0 Å². The normalized spacial score (nSPS) is 14.0. The molecule has 2 aromatic rings. The fourth-order valence-electron chi connectivity index (χ4n) is 2.47. The first-order chi connectivity index (χ1) is 13.3. The number of nitrogens with one attached hydrogen (secondary N) is 3. The van der Waals surface area contributed by atoms with Gasteiger partial charge in [-0.1, -0.05) is 18.2 Å². The maximum absolute atomic E-state index is 12.3. The molecule has 2 aromatic carbocycles. The molecule has 0 aromatic heterocycles. The number of carbonyl (C=O) groups is 2. The number of carbonyl (C=O) groups excluding carboxylic acids is 2. The van der Waals surface area contributed by atoms with E-state index in [4.69, 9.17) is 0 Å². The van der Waals surface area contributed by atoms with E-state index < -0.39 is 10.0 Å². The predicted octanol–water partition coefficient (Wildman–Crippen LogP) is 2.74. The third-order valence-corrected chi connectivity index (χ3v) is 5.49. The topological polar surface area (TPSA) is 104 Å². The fourth-order valence-corrected chi connectivity index (χ4v) is 3.82. The number of sulfonamides is 1. The van der Waals surface area contributed by atoms with Gasteiger partial charge in [-0.25, -0.2) is 13.1 Å². The van der Waals surface area contributed by atoms with Crippen molar-refractivity contribution < 1.29 is 18.0 Å². The number of hydrogen-bond donors (Lipinski definition) is 3. The first-order valence-electron chi connectivity index (χ1n) is 8.81. The molecule has 0 radical (unpaired) electrons.